The van der Waals surface area contributed by atoms with Crippen LogP contribution in [0.25, 0.3) is 0 Å². The number of carbonyl (C=O) groups is 3. The number of amides is 2. The first-order valence-electron chi connectivity index (χ1n) is 9.88. The fraction of sp³-hybridized carbons (Fsp3) is 0.650. The molecule has 2 amide bonds. The molecule has 6 nitrogen and oxygen atoms in total. The van der Waals surface area contributed by atoms with E-state index >= 15 is 0 Å². The summed E-state index contributed by atoms with van der Waals surface area (Å²) in [4.78, 5) is 37.9. The summed E-state index contributed by atoms with van der Waals surface area (Å²) < 4.78 is 0. The van der Waals surface area contributed by atoms with Gasteiger partial charge in [0.05, 0.1) is 17.4 Å². The third kappa shape index (κ3) is 3.06. The van der Waals surface area contributed by atoms with E-state index in [9.17, 15) is 19.5 Å². The van der Waals surface area contributed by atoms with Crippen molar-refractivity contribution < 1.29 is 19.5 Å². The number of hydrogen-bond donors (Lipinski definition) is 3. The van der Waals surface area contributed by atoms with Crippen molar-refractivity contribution in [2.75, 3.05) is 5.32 Å². The van der Waals surface area contributed by atoms with Crippen LogP contribution in [0.4, 0.5) is 5.00 Å². The Kier molecular flexibility index (Phi) is 4.74. The molecule has 2 fully saturated rings. The summed E-state index contributed by atoms with van der Waals surface area (Å²) in [5.74, 6) is -1.95. The van der Waals surface area contributed by atoms with Crippen LogP contribution in [-0.2, 0) is 22.4 Å². The van der Waals surface area contributed by atoms with E-state index in [4.69, 9.17) is 5.73 Å². The van der Waals surface area contributed by atoms with E-state index < -0.39 is 23.7 Å². The number of nitrogens with one attached hydrogen (secondary N) is 1. The Morgan fingerprint density at radius 2 is 1.89 bits per heavy atom. The molecular weight excluding hydrogens is 364 g/mol. The van der Waals surface area contributed by atoms with Crippen LogP contribution in [0.2, 0.25) is 0 Å². The standard InChI is InChI=1S/C20H26N2O4S/c1-2-9-3-6-12-13(7-9)27-19(16(12)17(21)23)22-18(24)14-10-4-5-11(8-10)15(14)20(25)26/h9-11,14-15H,2-8H2,1H3,(H2,21,23)(H,22,24)(H,25,26)/t9-,10-,11-,14-,15+/m1/s1. The number of thiophene rings is 1. The third-order valence-corrected chi connectivity index (χ3v) is 8.10. The van der Waals surface area contributed by atoms with Gasteiger partial charge in [-0.3, -0.25) is 14.4 Å². The van der Waals surface area contributed by atoms with Crippen molar-refractivity contribution in [3.63, 3.8) is 0 Å². The van der Waals surface area contributed by atoms with E-state index in [1.54, 1.807) is 0 Å². The average Bonchev–Trinajstić information content (AvgIpc) is 3.32. The molecule has 3 aliphatic carbocycles. The Bertz CT molecular complexity index is 802. The van der Waals surface area contributed by atoms with Gasteiger partial charge < -0.3 is 16.2 Å². The van der Waals surface area contributed by atoms with Gasteiger partial charge in [0.15, 0.2) is 0 Å². The van der Waals surface area contributed by atoms with Gasteiger partial charge in [-0.25, -0.2) is 0 Å². The Hall–Kier alpha value is -1.89. The highest BCUT2D eigenvalue weighted by atomic mass is 32.1. The van der Waals surface area contributed by atoms with Crippen LogP contribution in [0.5, 0.6) is 0 Å². The number of carbonyl (C=O) groups excluding carboxylic acids is 2. The number of fused-ring (bicyclic) bond motifs is 3. The molecule has 0 saturated heterocycles. The van der Waals surface area contributed by atoms with Gasteiger partial charge in [0, 0.05) is 4.88 Å². The van der Waals surface area contributed by atoms with Crippen molar-refractivity contribution in [1.82, 2.24) is 0 Å². The van der Waals surface area contributed by atoms with E-state index in [2.05, 4.69) is 12.2 Å². The predicted molar refractivity (Wildman–Crippen MR) is 103 cm³/mol. The molecule has 0 radical (unpaired) electrons. The lowest BCUT2D eigenvalue weighted by atomic mass is 9.78. The molecule has 1 heterocycles. The minimum Gasteiger partial charge on any atom is -0.481 e. The lowest BCUT2D eigenvalue weighted by Crippen LogP contribution is -2.38. The molecular formula is C20H26N2O4S. The second-order valence-corrected chi connectivity index (χ2v) is 9.41. The first-order valence-corrected chi connectivity index (χ1v) is 10.7. The molecule has 5 atom stereocenters. The second kappa shape index (κ2) is 6.93. The van der Waals surface area contributed by atoms with Gasteiger partial charge in [0.25, 0.3) is 5.91 Å². The number of primary amides is 1. The van der Waals surface area contributed by atoms with E-state index in [1.165, 1.54) is 11.3 Å². The first kappa shape index (κ1) is 18.5. The van der Waals surface area contributed by atoms with Crippen LogP contribution in [0.15, 0.2) is 0 Å². The summed E-state index contributed by atoms with van der Waals surface area (Å²) in [7, 11) is 0. The maximum atomic E-state index is 13.0. The smallest absolute Gasteiger partial charge is 0.307 e. The topological polar surface area (TPSA) is 109 Å². The predicted octanol–water partition coefficient (Wildman–Crippen LogP) is 3.05. The molecule has 7 heteroatoms. The lowest BCUT2D eigenvalue weighted by molar-refractivity contribution is -0.148. The van der Waals surface area contributed by atoms with Gasteiger partial charge in [-0.1, -0.05) is 13.3 Å². The minimum absolute atomic E-state index is 0.0979. The molecule has 146 valence electrons. The Morgan fingerprint density at radius 1 is 1.19 bits per heavy atom. The molecule has 0 spiro atoms. The maximum Gasteiger partial charge on any atom is 0.307 e. The largest absolute Gasteiger partial charge is 0.481 e. The highest BCUT2D eigenvalue weighted by molar-refractivity contribution is 7.17. The lowest BCUT2D eigenvalue weighted by Gasteiger charge is -2.26. The normalized spacial score (nSPS) is 31.5. The molecule has 4 N–H and O–H groups in total. The Labute approximate surface area is 162 Å². The van der Waals surface area contributed by atoms with Crippen LogP contribution in [0, 0.1) is 29.6 Å². The zero-order valence-electron chi connectivity index (χ0n) is 15.5. The number of hydrogen-bond acceptors (Lipinski definition) is 4. The molecule has 27 heavy (non-hydrogen) atoms. The summed E-state index contributed by atoms with van der Waals surface area (Å²) in [5, 5.41) is 13.0. The zero-order chi connectivity index (χ0) is 19.3. The summed E-state index contributed by atoms with van der Waals surface area (Å²) in [6.07, 6.45) is 6.47. The van der Waals surface area contributed by atoms with Gasteiger partial charge in [0.2, 0.25) is 5.91 Å². The minimum atomic E-state index is -0.881. The third-order valence-electron chi connectivity index (χ3n) is 6.93. The number of carboxylic acid groups (broad SMARTS) is 1. The van der Waals surface area contributed by atoms with E-state index in [1.807, 2.05) is 0 Å². The van der Waals surface area contributed by atoms with Crippen molar-refractivity contribution in [2.24, 2.45) is 35.3 Å². The molecule has 0 aromatic carbocycles. The molecule has 4 rings (SSSR count). The van der Waals surface area contributed by atoms with Crippen molar-refractivity contribution in [2.45, 2.75) is 51.9 Å². The molecule has 1 aromatic heterocycles. The van der Waals surface area contributed by atoms with Crippen molar-refractivity contribution >= 4 is 34.1 Å². The van der Waals surface area contributed by atoms with Crippen LogP contribution >= 0.6 is 11.3 Å². The number of aliphatic carboxylic acids is 1. The Balaban J connectivity index is 1.61. The van der Waals surface area contributed by atoms with Gasteiger partial charge in [-0.2, -0.15) is 0 Å². The Morgan fingerprint density at radius 3 is 2.52 bits per heavy atom. The van der Waals surface area contributed by atoms with E-state index in [0.717, 1.165) is 55.4 Å². The maximum absolute atomic E-state index is 13.0. The summed E-state index contributed by atoms with van der Waals surface area (Å²) in [5.41, 5.74) is 7.06. The van der Waals surface area contributed by atoms with Gasteiger partial charge in [0.1, 0.15) is 5.00 Å². The number of carboxylic acids is 1. The van der Waals surface area contributed by atoms with Crippen molar-refractivity contribution in [3.05, 3.63) is 16.0 Å². The molecule has 0 unspecified atom stereocenters. The fourth-order valence-corrected chi connectivity index (χ4v) is 6.94. The summed E-state index contributed by atoms with van der Waals surface area (Å²) >= 11 is 1.45. The van der Waals surface area contributed by atoms with Crippen LogP contribution in [0.1, 0.15) is 59.8 Å². The molecule has 0 aliphatic heterocycles. The van der Waals surface area contributed by atoms with Crippen molar-refractivity contribution in [1.29, 1.82) is 0 Å². The number of nitrogens with two attached hydrogens (primary N) is 1. The average molecular weight is 391 g/mol. The van der Waals surface area contributed by atoms with Gasteiger partial charge >= 0.3 is 5.97 Å². The molecule has 1 aromatic rings. The molecule has 2 saturated carbocycles. The van der Waals surface area contributed by atoms with Gasteiger partial charge in [-0.05, 0) is 61.8 Å². The SMILES string of the molecule is CC[C@@H]1CCc2c(sc(NC(=O)[C@@H]3[C@@H]4CC[C@H](C4)[C@@H]3C(=O)O)c2C(N)=O)C1. The zero-order valence-corrected chi connectivity index (χ0v) is 16.3. The monoisotopic (exact) mass is 390 g/mol. The summed E-state index contributed by atoms with van der Waals surface area (Å²) in [6, 6.07) is 0. The highest BCUT2D eigenvalue weighted by Crippen LogP contribution is 2.53. The van der Waals surface area contributed by atoms with E-state index in [0.29, 0.717) is 16.5 Å². The van der Waals surface area contributed by atoms with Crippen LogP contribution in [-0.4, -0.2) is 22.9 Å². The second-order valence-electron chi connectivity index (χ2n) is 8.30. The number of anilines is 1. The van der Waals surface area contributed by atoms with Crippen LogP contribution in [0.3, 0.4) is 0 Å². The fourth-order valence-electron chi connectivity index (χ4n) is 5.57. The van der Waals surface area contributed by atoms with Gasteiger partial charge in [-0.15, -0.1) is 11.3 Å². The number of rotatable bonds is 5. The molecule has 3 aliphatic rings. The summed E-state index contributed by atoms with van der Waals surface area (Å²) in [6.45, 7) is 2.17. The van der Waals surface area contributed by atoms with E-state index in [-0.39, 0.29) is 17.7 Å². The highest BCUT2D eigenvalue weighted by Gasteiger charge is 2.54. The molecule has 2 bridgehead atoms. The first-order chi connectivity index (χ1) is 12.9. The van der Waals surface area contributed by atoms with Crippen molar-refractivity contribution in [3.8, 4) is 0 Å². The quantitative estimate of drug-likeness (QED) is 0.718. The van der Waals surface area contributed by atoms with Crippen LogP contribution < -0.4 is 11.1 Å².